The molecule has 0 N–H and O–H groups in total. The number of hydrogen-bond donors (Lipinski definition) is 0. The van der Waals surface area contributed by atoms with Crippen molar-refractivity contribution >= 4 is 11.4 Å². The number of benzene rings is 2. The Morgan fingerprint density at radius 1 is 1.17 bits per heavy atom. The molecule has 24 heavy (non-hydrogen) atoms. The molecule has 3 rings (SSSR count). The number of ketones is 1. The van der Waals surface area contributed by atoms with Gasteiger partial charge in [-0.3, -0.25) is 4.79 Å². The zero-order valence-electron chi connectivity index (χ0n) is 14.3. The first kappa shape index (κ1) is 18.7. The summed E-state index contributed by atoms with van der Waals surface area (Å²) >= 11 is 0. The third-order valence-corrected chi connectivity index (χ3v) is 4.50. The molecule has 0 aliphatic heterocycles. The maximum absolute atomic E-state index is 13.2. The summed E-state index contributed by atoms with van der Waals surface area (Å²) in [7, 11) is 1.66. The van der Waals surface area contributed by atoms with Gasteiger partial charge in [-0.15, -0.1) is 0 Å². The SMILES string of the molecule is [CH2-]CC1=C(C(=O)c2cc(C)c(OC)c(C)c2)c2ccccc2C1.[W]. The summed E-state index contributed by atoms with van der Waals surface area (Å²) < 4.78 is 5.40. The van der Waals surface area contributed by atoms with Gasteiger partial charge in [0.05, 0.1) is 7.11 Å². The van der Waals surface area contributed by atoms with E-state index in [0.717, 1.165) is 45.6 Å². The predicted octanol–water partition coefficient (Wildman–Crippen LogP) is 4.73. The summed E-state index contributed by atoms with van der Waals surface area (Å²) in [6, 6.07) is 12.0. The van der Waals surface area contributed by atoms with Crippen LogP contribution in [0.3, 0.4) is 0 Å². The molecule has 0 atom stereocenters. The topological polar surface area (TPSA) is 26.3 Å². The molecule has 0 amide bonds. The van der Waals surface area contributed by atoms with Crippen molar-refractivity contribution in [3.05, 3.63) is 76.7 Å². The zero-order valence-corrected chi connectivity index (χ0v) is 17.2. The van der Waals surface area contributed by atoms with Crippen molar-refractivity contribution in [1.29, 1.82) is 0 Å². The van der Waals surface area contributed by atoms with E-state index >= 15 is 0 Å². The summed E-state index contributed by atoms with van der Waals surface area (Å²) in [4.78, 5) is 13.2. The van der Waals surface area contributed by atoms with E-state index in [1.807, 2.05) is 44.2 Å². The maximum Gasteiger partial charge on any atom is 0.193 e. The molecule has 0 fully saturated rings. The van der Waals surface area contributed by atoms with Crippen molar-refractivity contribution in [3.8, 4) is 5.75 Å². The van der Waals surface area contributed by atoms with E-state index in [1.165, 1.54) is 5.56 Å². The van der Waals surface area contributed by atoms with Crippen LogP contribution in [0.4, 0.5) is 0 Å². The van der Waals surface area contributed by atoms with Crippen LogP contribution in [0.2, 0.25) is 0 Å². The number of carbonyl (C=O) groups is 1. The first-order chi connectivity index (χ1) is 11.1. The second-order valence-corrected chi connectivity index (χ2v) is 6.03. The Labute approximate surface area is 158 Å². The minimum absolute atomic E-state index is 0. The average molecular weight is 489 g/mol. The van der Waals surface area contributed by atoms with Gasteiger partial charge in [0.2, 0.25) is 0 Å². The zero-order chi connectivity index (χ0) is 16.6. The molecule has 2 aromatic rings. The summed E-state index contributed by atoms with van der Waals surface area (Å²) in [6.45, 7) is 7.96. The van der Waals surface area contributed by atoms with Crippen molar-refractivity contribution in [1.82, 2.24) is 0 Å². The molecule has 0 radical (unpaired) electrons. The van der Waals surface area contributed by atoms with Crippen LogP contribution in [-0.2, 0) is 27.5 Å². The molecule has 0 saturated carbocycles. The second-order valence-electron chi connectivity index (χ2n) is 6.03. The fraction of sp³-hybridized carbons (Fsp3) is 0.238. The molecule has 124 valence electrons. The van der Waals surface area contributed by atoms with E-state index in [9.17, 15) is 4.79 Å². The van der Waals surface area contributed by atoms with E-state index in [-0.39, 0.29) is 26.8 Å². The standard InChI is InChI=1S/C21H21O2.W/c1-5-15-12-16-8-6-7-9-18(16)19(15)20(22)17-10-13(2)21(23-4)14(3)11-17;/h6-11H,1,5,12H2,2-4H3;/q-1;. The molecule has 3 heteroatoms. The Hall–Kier alpha value is -1.66. The number of aryl methyl sites for hydroxylation is 2. The van der Waals surface area contributed by atoms with Crippen molar-refractivity contribution < 1.29 is 30.6 Å². The van der Waals surface area contributed by atoms with Crippen LogP contribution in [0.5, 0.6) is 5.75 Å². The number of allylic oxidation sites excluding steroid dienone is 2. The second kappa shape index (κ2) is 7.49. The Morgan fingerprint density at radius 2 is 1.79 bits per heavy atom. The number of Topliss-reactive ketones (excluding diaryl/α,β-unsaturated/α-hetero) is 1. The molecule has 0 spiro atoms. The molecule has 2 aromatic carbocycles. The predicted molar refractivity (Wildman–Crippen MR) is 93.8 cm³/mol. The summed E-state index contributed by atoms with van der Waals surface area (Å²) in [5, 5.41) is 0. The largest absolute Gasteiger partial charge is 0.496 e. The van der Waals surface area contributed by atoms with Gasteiger partial charge in [-0.1, -0.05) is 29.8 Å². The normalized spacial score (nSPS) is 12.7. The fourth-order valence-electron chi connectivity index (χ4n) is 3.47. The van der Waals surface area contributed by atoms with E-state index in [0.29, 0.717) is 6.42 Å². The van der Waals surface area contributed by atoms with Crippen molar-refractivity contribution in [2.24, 2.45) is 0 Å². The number of hydrogen-bond acceptors (Lipinski definition) is 2. The van der Waals surface area contributed by atoms with Crippen molar-refractivity contribution in [3.63, 3.8) is 0 Å². The molecule has 2 nitrogen and oxygen atoms in total. The van der Waals surface area contributed by atoms with E-state index in [4.69, 9.17) is 4.74 Å². The maximum atomic E-state index is 13.2. The molecule has 1 aliphatic carbocycles. The van der Waals surface area contributed by atoms with Gasteiger partial charge in [0.25, 0.3) is 0 Å². The van der Waals surface area contributed by atoms with Gasteiger partial charge in [-0.05, 0) is 54.7 Å². The van der Waals surface area contributed by atoms with Crippen LogP contribution in [0.1, 0.15) is 39.0 Å². The van der Waals surface area contributed by atoms with Gasteiger partial charge in [0.1, 0.15) is 5.75 Å². The monoisotopic (exact) mass is 489 g/mol. The fourth-order valence-corrected chi connectivity index (χ4v) is 3.47. The smallest absolute Gasteiger partial charge is 0.193 e. The average Bonchev–Trinajstić information content (AvgIpc) is 2.92. The van der Waals surface area contributed by atoms with Crippen LogP contribution in [0, 0.1) is 20.8 Å². The minimum Gasteiger partial charge on any atom is -0.496 e. The Morgan fingerprint density at radius 3 is 2.38 bits per heavy atom. The first-order valence-electron chi connectivity index (χ1n) is 7.86. The molecule has 0 heterocycles. The molecule has 1 aliphatic rings. The van der Waals surface area contributed by atoms with E-state index in [1.54, 1.807) is 7.11 Å². The van der Waals surface area contributed by atoms with Gasteiger partial charge in [0.15, 0.2) is 5.78 Å². The molecule has 0 bridgehead atoms. The van der Waals surface area contributed by atoms with Gasteiger partial charge in [-0.25, -0.2) is 0 Å². The molecular formula is C21H21O2W-. The first-order valence-corrected chi connectivity index (χ1v) is 7.86. The molecule has 0 saturated heterocycles. The van der Waals surface area contributed by atoms with Crippen LogP contribution in [-0.4, -0.2) is 12.9 Å². The quantitative estimate of drug-likeness (QED) is 0.459. The number of fused-ring (bicyclic) bond motifs is 1. The van der Waals surface area contributed by atoms with E-state index in [2.05, 4.69) is 13.0 Å². The Bertz CT molecular complexity index is 795. The molecule has 0 aromatic heterocycles. The van der Waals surface area contributed by atoms with Crippen molar-refractivity contribution in [2.45, 2.75) is 26.7 Å². The summed E-state index contributed by atoms with van der Waals surface area (Å²) in [5.74, 6) is 0.933. The number of rotatable bonds is 4. The van der Waals surface area contributed by atoms with Gasteiger partial charge < -0.3 is 11.7 Å². The number of methoxy groups -OCH3 is 1. The van der Waals surface area contributed by atoms with Crippen LogP contribution in [0.15, 0.2) is 42.0 Å². The van der Waals surface area contributed by atoms with Crippen LogP contribution < -0.4 is 4.74 Å². The number of carbonyl (C=O) groups excluding carboxylic acids is 1. The van der Waals surface area contributed by atoms with Crippen LogP contribution in [0.25, 0.3) is 5.57 Å². The third-order valence-electron chi connectivity index (χ3n) is 4.50. The summed E-state index contributed by atoms with van der Waals surface area (Å²) in [6.07, 6.45) is 1.48. The Kier molecular flexibility index (Phi) is 5.82. The third kappa shape index (κ3) is 3.12. The Balaban J connectivity index is 0.00000208. The van der Waals surface area contributed by atoms with Gasteiger partial charge >= 0.3 is 0 Å². The summed E-state index contributed by atoms with van der Waals surface area (Å²) in [5.41, 5.74) is 6.93. The van der Waals surface area contributed by atoms with Crippen LogP contribution >= 0.6 is 0 Å². The van der Waals surface area contributed by atoms with Gasteiger partial charge in [0, 0.05) is 32.2 Å². The minimum atomic E-state index is 0. The van der Waals surface area contributed by atoms with Crippen molar-refractivity contribution in [2.75, 3.05) is 7.11 Å². The van der Waals surface area contributed by atoms with Gasteiger partial charge in [-0.2, -0.15) is 6.42 Å². The van der Waals surface area contributed by atoms with E-state index < -0.39 is 0 Å². The number of ether oxygens (including phenoxy) is 1. The molecular weight excluding hydrogens is 468 g/mol. The molecule has 0 unspecified atom stereocenters.